The number of rotatable bonds is 7. The average Bonchev–Trinajstić information content (AvgIpc) is 3.43. The molecular weight excluding hydrogens is 382 g/mol. The van der Waals surface area contributed by atoms with Crippen LogP contribution < -0.4 is 5.73 Å². The molecule has 0 aliphatic rings. The lowest BCUT2D eigenvalue weighted by atomic mass is 10.0. The van der Waals surface area contributed by atoms with E-state index in [-0.39, 0.29) is 6.04 Å². The minimum absolute atomic E-state index is 0.266. The van der Waals surface area contributed by atoms with Crippen molar-refractivity contribution in [3.63, 3.8) is 0 Å². The van der Waals surface area contributed by atoms with Crippen molar-refractivity contribution in [1.82, 2.24) is 19.7 Å². The highest BCUT2D eigenvalue weighted by Crippen LogP contribution is 2.25. The summed E-state index contributed by atoms with van der Waals surface area (Å²) in [5.41, 5.74) is 11.3. The Bertz CT molecular complexity index is 1270. The second kappa shape index (κ2) is 8.58. The molecule has 31 heavy (non-hydrogen) atoms. The van der Waals surface area contributed by atoms with Crippen LogP contribution in [-0.2, 0) is 19.3 Å². The van der Waals surface area contributed by atoms with E-state index in [0.29, 0.717) is 6.42 Å². The van der Waals surface area contributed by atoms with Gasteiger partial charge >= 0.3 is 0 Å². The molecule has 5 rings (SSSR count). The van der Waals surface area contributed by atoms with Crippen molar-refractivity contribution in [3.8, 4) is 5.69 Å². The number of hydrogen-bond acceptors (Lipinski definition) is 3. The molecule has 5 nitrogen and oxygen atoms in total. The molecule has 2 heterocycles. The van der Waals surface area contributed by atoms with Crippen LogP contribution in [0.25, 0.3) is 16.6 Å². The summed E-state index contributed by atoms with van der Waals surface area (Å²) in [6, 6.07) is 28.7. The summed E-state index contributed by atoms with van der Waals surface area (Å²) in [6.45, 7) is 0. The molecule has 154 valence electrons. The standard InChI is InChI=1S/C26H25N5/c27-23(17-20-18-28-24-14-8-7-13-22(20)24)26-30-29-25(16-15-19-9-3-1-4-10-19)31(26)21-11-5-2-6-12-21/h1-14,18,23,28H,15-17,27H2/t23-/m1/s1. The van der Waals surface area contributed by atoms with Gasteiger partial charge in [0.2, 0.25) is 0 Å². The van der Waals surface area contributed by atoms with Crippen LogP contribution in [0.3, 0.4) is 0 Å². The molecule has 0 radical (unpaired) electrons. The third-order valence-corrected chi connectivity index (χ3v) is 5.70. The first-order valence-electron chi connectivity index (χ1n) is 10.6. The zero-order chi connectivity index (χ0) is 21.0. The van der Waals surface area contributed by atoms with Crippen molar-refractivity contribution in [3.05, 3.63) is 114 Å². The van der Waals surface area contributed by atoms with Crippen LogP contribution in [0.2, 0.25) is 0 Å². The predicted molar refractivity (Wildman–Crippen MR) is 124 cm³/mol. The third kappa shape index (κ3) is 4.00. The van der Waals surface area contributed by atoms with Crippen LogP contribution in [0, 0.1) is 0 Å². The first-order valence-corrected chi connectivity index (χ1v) is 10.6. The molecule has 1 atom stereocenters. The summed E-state index contributed by atoms with van der Waals surface area (Å²) < 4.78 is 2.13. The highest BCUT2D eigenvalue weighted by atomic mass is 15.3. The van der Waals surface area contributed by atoms with Crippen molar-refractivity contribution < 1.29 is 0 Å². The molecule has 0 bridgehead atoms. The number of nitrogens with two attached hydrogens (primary N) is 1. The summed E-state index contributed by atoms with van der Waals surface area (Å²) in [5.74, 6) is 1.72. The van der Waals surface area contributed by atoms with E-state index in [0.717, 1.165) is 35.7 Å². The molecule has 0 saturated carbocycles. The molecular formula is C26H25N5. The molecule has 0 amide bonds. The van der Waals surface area contributed by atoms with Gasteiger partial charge < -0.3 is 10.7 Å². The maximum absolute atomic E-state index is 6.70. The lowest BCUT2D eigenvalue weighted by Gasteiger charge is -2.15. The van der Waals surface area contributed by atoms with Crippen LogP contribution in [-0.4, -0.2) is 19.7 Å². The molecule has 3 N–H and O–H groups in total. The molecule has 0 fully saturated rings. The van der Waals surface area contributed by atoms with Crippen molar-refractivity contribution >= 4 is 10.9 Å². The zero-order valence-corrected chi connectivity index (χ0v) is 17.3. The maximum atomic E-state index is 6.70. The molecule has 2 aromatic heterocycles. The van der Waals surface area contributed by atoms with E-state index in [2.05, 4.69) is 74.3 Å². The van der Waals surface area contributed by atoms with Crippen LogP contribution in [0.4, 0.5) is 0 Å². The molecule has 0 spiro atoms. The normalized spacial score (nSPS) is 12.3. The number of nitrogens with one attached hydrogen (secondary N) is 1. The largest absolute Gasteiger partial charge is 0.361 e. The van der Waals surface area contributed by atoms with Gasteiger partial charge in [-0.2, -0.15) is 0 Å². The summed E-state index contributed by atoms with van der Waals surface area (Å²) in [6.07, 6.45) is 4.44. The van der Waals surface area contributed by atoms with E-state index < -0.39 is 0 Å². The monoisotopic (exact) mass is 407 g/mol. The fourth-order valence-corrected chi connectivity index (χ4v) is 4.12. The minimum Gasteiger partial charge on any atom is -0.361 e. The van der Waals surface area contributed by atoms with Gasteiger partial charge in [-0.15, -0.1) is 10.2 Å². The Morgan fingerprint density at radius 3 is 2.32 bits per heavy atom. The number of fused-ring (bicyclic) bond motifs is 1. The molecule has 0 unspecified atom stereocenters. The van der Waals surface area contributed by atoms with Gasteiger partial charge in [0.05, 0.1) is 6.04 Å². The molecule has 3 aromatic carbocycles. The van der Waals surface area contributed by atoms with Crippen LogP contribution in [0.15, 0.2) is 91.1 Å². The zero-order valence-electron chi connectivity index (χ0n) is 17.3. The van der Waals surface area contributed by atoms with Gasteiger partial charge in [0, 0.05) is 29.2 Å². The second-order valence-electron chi connectivity index (χ2n) is 7.80. The van der Waals surface area contributed by atoms with Gasteiger partial charge in [0.15, 0.2) is 5.82 Å². The highest BCUT2D eigenvalue weighted by molar-refractivity contribution is 5.83. The van der Waals surface area contributed by atoms with Gasteiger partial charge in [-0.25, -0.2) is 0 Å². The number of hydrogen-bond donors (Lipinski definition) is 2. The van der Waals surface area contributed by atoms with E-state index >= 15 is 0 Å². The number of benzene rings is 3. The fourth-order valence-electron chi connectivity index (χ4n) is 4.12. The van der Waals surface area contributed by atoms with E-state index in [9.17, 15) is 0 Å². The Labute approximate surface area is 181 Å². The van der Waals surface area contributed by atoms with Crippen molar-refractivity contribution in [1.29, 1.82) is 0 Å². The van der Waals surface area contributed by atoms with Gasteiger partial charge in [0.25, 0.3) is 0 Å². The third-order valence-electron chi connectivity index (χ3n) is 5.70. The molecule has 5 heteroatoms. The fraction of sp³-hybridized carbons (Fsp3) is 0.154. The van der Waals surface area contributed by atoms with Crippen LogP contribution in [0.5, 0.6) is 0 Å². The first kappa shape index (κ1) is 19.3. The lowest BCUT2D eigenvalue weighted by molar-refractivity contribution is 0.647. The average molecular weight is 408 g/mol. The molecule has 5 aromatic rings. The quantitative estimate of drug-likeness (QED) is 0.408. The van der Waals surface area contributed by atoms with Gasteiger partial charge in [-0.05, 0) is 42.2 Å². The van der Waals surface area contributed by atoms with Gasteiger partial charge in [-0.3, -0.25) is 4.57 Å². The number of aromatic nitrogens is 4. The summed E-state index contributed by atoms with van der Waals surface area (Å²) in [7, 11) is 0. The highest BCUT2D eigenvalue weighted by Gasteiger charge is 2.21. The van der Waals surface area contributed by atoms with E-state index in [4.69, 9.17) is 5.73 Å². The summed E-state index contributed by atoms with van der Waals surface area (Å²) in [5, 5.41) is 10.3. The number of aromatic amines is 1. The number of nitrogens with zero attached hydrogens (tertiary/aromatic N) is 3. The summed E-state index contributed by atoms with van der Waals surface area (Å²) in [4.78, 5) is 3.34. The number of para-hydroxylation sites is 2. The Morgan fingerprint density at radius 2 is 1.52 bits per heavy atom. The van der Waals surface area contributed by atoms with Gasteiger partial charge in [-0.1, -0.05) is 66.7 Å². The first-order chi connectivity index (χ1) is 15.3. The topological polar surface area (TPSA) is 72.5 Å². The van der Waals surface area contributed by atoms with E-state index in [1.165, 1.54) is 16.5 Å². The Hall–Kier alpha value is -3.70. The summed E-state index contributed by atoms with van der Waals surface area (Å²) >= 11 is 0. The Kier molecular flexibility index (Phi) is 5.33. The van der Waals surface area contributed by atoms with E-state index in [1.54, 1.807) is 0 Å². The van der Waals surface area contributed by atoms with Crippen LogP contribution in [0.1, 0.15) is 28.8 Å². The van der Waals surface area contributed by atoms with Crippen molar-refractivity contribution in [2.75, 3.05) is 0 Å². The SMILES string of the molecule is N[C@H](Cc1c[nH]c2ccccc12)c1nnc(CCc2ccccc2)n1-c1ccccc1. The van der Waals surface area contributed by atoms with Crippen molar-refractivity contribution in [2.45, 2.75) is 25.3 Å². The molecule has 0 saturated heterocycles. The Morgan fingerprint density at radius 1 is 0.806 bits per heavy atom. The van der Waals surface area contributed by atoms with Crippen LogP contribution >= 0.6 is 0 Å². The van der Waals surface area contributed by atoms with Gasteiger partial charge in [0.1, 0.15) is 5.82 Å². The number of aryl methyl sites for hydroxylation is 2. The molecule has 0 aliphatic heterocycles. The van der Waals surface area contributed by atoms with E-state index in [1.807, 2.05) is 36.5 Å². The number of H-pyrrole nitrogens is 1. The predicted octanol–water partition coefficient (Wildman–Crippen LogP) is 4.78. The maximum Gasteiger partial charge on any atom is 0.154 e. The second-order valence-corrected chi connectivity index (χ2v) is 7.80. The van der Waals surface area contributed by atoms with Crippen molar-refractivity contribution in [2.24, 2.45) is 5.73 Å². The lowest BCUT2D eigenvalue weighted by Crippen LogP contribution is -2.19. The Balaban J connectivity index is 1.46. The smallest absolute Gasteiger partial charge is 0.154 e. The minimum atomic E-state index is -0.266. The molecule has 0 aliphatic carbocycles.